The van der Waals surface area contributed by atoms with E-state index in [1.165, 1.54) is 27.1 Å². The van der Waals surface area contributed by atoms with Gasteiger partial charge < -0.3 is 0 Å². The topological polar surface area (TPSA) is 47.6 Å². The number of benzene rings is 4. The Balaban J connectivity index is 1.67. The molecular formula is C32H20N2. The van der Waals surface area contributed by atoms with E-state index in [4.69, 9.17) is 0 Å². The third-order valence-electron chi connectivity index (χ3n) is 5.97. The molecule has 0 bridgehead atoms. The minimum atomic E-state index is 0.0925. The van der Waals surface area contributed by atoms with Crippen molar-refractivity contribution < 1.29 is 0 Å². The average molecular weight is 433 g/mol. The molecule has 0 aromatic heterocycles. The van der Waals surface area contributed by atoms with E-state index in [1.54, 1.807) is 0 Å². The standard InChI is InChI=1S/C32H20N2/c33-21-28(22-34)31(19-23-9-3-1-2-4-10-23)24-15-17-25(18-16-24)32-29-13-7-5-11-26(29)20-27-12-6-8-14-30(27)32/h1-20H. The van der Waals surface area contributed by atoms with Gasteiger partial charge in [-0.25, -0.2) is 0 Å². The summed E-state index contributed by atoms with van der Waals surface area (Å²) in [6.45, 7) is 0. The lowest BCUT2D eigenvalue weighted by Crippen LogP contribution is -1.90. The smallest absolute Gasteiger partial charge is 0.137 e. The highest BCUT2D eigenvalue weighted by molar-refractivity contribution is 6.12. The summed E-state index contributed by atoms with van der Waals surface area (Å²) in [5, 5.41) is 24.0. The normalized spacial score (nSPS) is 12.2. The number of hydrogen-bond acceptors (Lipinski definition) is 2. The van der Waals surface area contributed by atoms with Crippen LogP contribution in [0.25, 0.3) is 38.2 Å². The number of nitrogens with zero attached hydrogens (tertiary/aromatic N) is 2. The second kappa shape index (κ2) is 9.29. The van der Waals surface area contributed by atoms with E-state index in [0.29, 0.717) is 5.57 Å². The van der Waals surface area contributed by atoms with Gasteiger partial charge in [-0.2, -0.15) is 10.5 Å². The van der Waals surface area contributed by atoms with E-state index in [9.17, 15) is 10.5 Å². The van der Waals surface area contributed by atoms with Crippen LogP contribution < -0.4 is 0 Å². The van der Waals surface area contributed by atoms with Crippen LogP contribution in [-0.2, 0) is 0 Å². The third-order valence-corrected chi connectivity index (χ3v) is 5.97. The van der Waals surface area contributed by atoms with Crippen molar-refractivity contribution in [3.05, 3.63) is 138 Å². The largest absolute Gasteiger partial charge is 0.192 e. The van der Waals surface area contributed by atoms with Gasteiger partial charge in [-0.05, 0) is 56.0 Å². The summed E-state index contributed by atoms with van der Waals surface area (Å²) in [6.07, 6.45) is 13.6. The molecule has 34 heavy (non-hydrogen) atoms. The highest BCUT2D eigenvalue weighted by Gasteiger charge is 2.12. The Morgan fingerprint density at radius 2 is 1.21 bits per heavy atom. The molecule has 0 unspecified atom stereocenters. The summed E-state index contributed by atoms with van der Waals surface area (Å²) in [7, 11) is 0. The van der Waals surface area contributed by atoms with Gasteiger partial charge in [0, 0.05) is 5.57 Å². The van der Waals surface area contributed by atoms with Crippen LogP contribution in [0.1, 0.15) is 5.56 Å². The Labute approximate surface area is 199 Å². The van der Waals surface area contributed by atoms with Crippen molar-refractivity contribution in [2.75, 3.05) is 0 Å². The monoisotopic (exact) mass is 432 g/mol. The molecule has 0 N–H and O–H groups in total. The molecule has 0 radical (unpaired) electrons. The first-order chi connectivity index (χ1) is 16.8. The Morgan fingerprint density at radius 1 is 0.647 bits per heavy atom. The number of rotatable bonds is 3. The minimum Gasteiger partial charge on any atom is -0.192 e. The number of fused-ring (bicyclic) bond motifs is 2. The lowest BCUT2D eigenvalue weighted by molar-refractivity contribution is 1.45. The molecule has 0 saturated heterocycles. The van der Waals surface area contributed by atoms with Gasteiger partial charge in [0.05, 0.1) is 0 Å². The maximum absolute atomic E-state index is 9.60. The molecule has 0 spiro atoms. The quantitative estimate of drug-likeness (QED) is 0.243. The van der Waals surface area contributed by atoms with Gasteiger partial charge in [0.1, 0.15) is 17.7 Å². The van der Waals surface area contributed by atoms with Gasteiger partial charge in [-0.3, -0.25) is 0 Å². The minimum absolute atomic E-state index is 0.0925. The fourth-order valence-corrected chi connectivity index (χ4v) is 4.37. The van der Waals surface area contributed by atoms with Crippen molar-refractivity contribution in [3.8, 4) is 23.3 Å². The van der Waals surface area contributed by atoms with Crippen molar-refractivity contribution in [3.63, 3.8) is 0 Å². The predicted octanol–water partition coefficient (Wildman–Crippen LogP) is 8.07. The number of hydrogen-bond donors (Lipinski definition) is 0. The Morgan fingerprint density at radius 3 is 1.76 bits per heavy atom. The molecule has 4 aromatic carbocycles. The Bertz CT molecular complexity index is 1560. The average Bonchev–Trinajstić information content (AvgIpc) is 3.16. The zero-order valence-electron chi connectivity index (χ0n) is 18.4. The lowest BCUT2D eigenvalue weighted by Gasteiger charge is -2.13. The van der Waals surface area contributed by atoms with E-state index >= 15 is 0 Å². The highest BCUT2D eigenvalue weighted by Crippen LogP contribution is 2.37. The first kappa shape index (κ1) is 21.0. The summed E-state index contributed by atoms with van der Waals surface area (Å²) in [4.78, 5) is 0. The molecule has 2 heteroatoms. The molecule has 5 rings (SSSR count). The molecule has 0 heterocycles. The molecule has 0 aliphatic heterocycles. The lowest BCUT2D eigenvalue weighted by atomic mass is 9.90. The molecule has 1 aliphatic carbocycles. The summed E-state index contributed by atoms with van der Waals surface area (Å²) >= 11 is 0. The van der Waals surface area contributed by atoms with Crippen LogP contribution in [0.2, 0.25) is 0 Å². The third kappa shape index (κ3) is 3.97. The summed E-state index contributed by atoms with van der Waals surface area (Å²) in [6, 6.07) is 31.3. The van der Waals surface area contributed by atoms with Crippen LogP contribution in [0.4, 0.5) is 0 Å². The fraction of sp³-hybridized carbons (Fsp3) is 0. The zero-order chi connectivity index (χ0) is 23.3. The molecular weight excluding hydrogens is 412 g/mol. The van der Waals surface area contributed by atoms with Gasteiger partial charge in [0.25, 0.3) is 0 Å². The SMILES string of the molecule is N#CC(C#N)=C(C=C1C=CC=CC=C1)c1ccc(-c2c3ccccc3cc3ccccc23)cc1. The van der Waals surface area contributed by atoms with Crippen LogP contribution in [-0.4, -0.2) is 0 Å². The highest BCUT2D eigenvalue weighted by atomic mass is 14.3. The predicted molar refractivity (Wildman–Crippen MR) is 141 cm³/mol. The molecule has 0 saturated carbocycles. The Kier molecular flexibility index (Phi) is 5.73. The molecule has 4 aromatic rings. The van der Waals surface area contributed by atoms with E-state index < -0.39 is 0 Å². The van der Waals surface area contributed by atoms with Gasteiger partial charge in [-0.15, -0.1) is 0 Å². The second-order valence-electron chi connectivity index (χ2n) is 8.03. The van der Waals surface area contributed by atoms with Crippen molar-refractivity contribution in [2.24, 2.45) is 0 Å². The van der Waals surface area contributed by atoms with E-state index in [0.717, 1.165) is 16.7 Å². The van der Waals surface area contributed by atoms with Crippen molar-refractivity contribution in [1.29, 1.82) is 10.5 Å². The van der Waals surface area contributed by atoms with Gasteiger partial charge in [0.15, 0.2) is 0 Å². The van der Waals surface area contributed by atoms with Crippen molar-refractivity contribution in [2.45, 2.75) is 0 Å². The van der Waals surface area contributed by atoms with Crippen LogP contribution in [0.5, 0.6) is 0 Å². The van der Waals surface area contributed by atoms with Gasteiger partial charge in [0.2, 0.25) is 0 Å². The van der Waals surface area contributed by atoms with Gasteiger partial charge >= 0.3 is 0 Å². The van der Waals surface area contributed by atoms with E-state index in [-0.39, 0.29) is 5.57 Å². The first-order valence-corrected chi connectivity index (χ1v) is 11.1. The van der Waals surface area contributed by atoms with Crippen LogP contribution in [0.3, 0.4) is 0 Å². The summed E-state index contributed by atoms with van der Waals surface area (Å²) < 4.78 is 0. The summed E-state index contributed by atoms with van der Waals surface area (Å²) in [5.41, 5.74) is 4.74. The Hall–Kier alpha value is -4.92. The first-order valence-electron chi connectivity index (χ1n) is 11.1. The number of allylic oxidation sites excluding steroid dienone is 10. The molecule has 0 amide bonds. The maximum atomic E-state index is 9.60. The maximum Gasteiger partial charge on any atom is 0.137 e. The summed E-state index contributed by atoms with van der Waals surface area (Å²) in [5.74, 6) is 0. The van der Waals surface area contributed by atoms with Crippen LogP contribution in [0.15, 0.2) is 133 Å². The van der Waals surface area contributed by atoms with Crippen LogP contribution in [0, 0.1) is 22.7 Å². The van der Waals surface area contributed by atoms with E-state index in [2.05, 4.69) is 78.9 Å². The fourth-order valence-electron chi connectivity index (χ4n) is 4.37. The molecule has 158 valence electrons. The van der Waals surface area contributed by atoms with Crippen molar-refractivity contribution in [1.82, 2.24) is 0 Å². The second-order valence-corrected chi connectivity index (χ2v) is 8.03. The molecule has 2 nitrogen and oxygen atoms in total. The van der Waals surface area contributed by atoms with Crippen molar-refractivity contribution >= 4 is 27.1 Å². The van der Waals surface area contributed by atoms with Crippen LogP contribution >= 0.6 is 0 Å². The van der Waals surface area contributed by atoms with Gasteiger partial charge in [-0.1, -0.05) is 109 Å². The van der Waals surface area contributed by atoms with E-state index in [1.807, 2.05) is 54.7 Å². The molecule has 0 atom stereocenters. The molecule has 1 aliphatic rings. The number of nitriles is 2. The molecule has 0 fully saturated rings. The zero-order valence-corrected chi connectivity index (χ0v) is 18.4.